The Bertz CT molecular complexity index is 1000. The summed E-state index contributed by atoms with van der Waals surface area (Å²) in [7, 11) is 4.84. The molecule has 0 saturated heterocycles. The summed E-state index contributed by atoms with van der Waals surface area (Å²) < 4.78 is 21.6. The van der Waals surface area contributed by atoms with E-state index in [1.165, 1.54) is 0 Å². The zero-order valence-corrected chi connectivity index (χ0v) is 17.3. The Morgan fingerprint density at radius 3 is 1.97 bits per heavy atom. The number of ketones is 1. The summed E-state index contributed by atoms with van der Waals surface area (Å²) in [6.07, 6.45) is 3.33. The number of hydrogen-bond donors (Lipinski definition) is 0. The summed E-state index contributed by atoms with van der Waals surface area (Å²) in [5, 5.41) is 0. The fourth-order valence-electron chi connectivity index (χ4n) is 2.87. The fourth-order valence-corrected chi connectivity index (χ4v) is 2.87. The smallest absolute Gasteiger partial charge is 0.185 e. The molecule has 5 nitrogen and oxygen atoms in total. The highest BCUT2D eigenvalue weighted by Crippen LogP contribution is 2.24. The van der Waals surface area contributed by atoms with Gasteiger partial charge in [-0.05, 0) is 72.3 Å². The summed E-state index contributed by atoms with van der Waals surface area (Å²) in [6, 6.07) is 20.1. The van der Waals surface area contributed by atoms with Gasteiger partial charge in [-0.3, -0.25) is 4.79 Å². The molecule has 154 valence electrons. The molecule has 0 bridgehead atoms. The number of ether oxygens (including phenoxy) is 4. The molecule has 0 amide bonds. The van der Waals surface area contributed by atoms with Crippen LogP contribution < -0.4 is 18.9 Å². The molecule has 0 spiro atoms. The van der Waals surface area contributed by atoms with Crippen LogP contribution in [0.25, 0.3) is 6.08 Å². The molecule has 0 aliphatic rings. The van der Waals surface area contributed by atoms with Gasteiger partial charge in [0.25, 0.3) is 0 Å². The van der Waals surface area contributed by atoms with Gasteiger partial charge in [-0.2, -0.15) is 0 Å². The van der Waals surface area contributed by atoms with E-state index in [2.05, 4.69) is 0 Å². The maximum atomic E-state index is 12.4. The fraction of sp³-hybridized carbons (Fsp3) is 0.160. The van der Waals surface area contributed by atoms with Gasteiger partial charge in [0.15, 0.2) is 5.78 Å². The van der Waals surface area contributed by atoms with Gasteiger partial charge in [0.05, 0.1) is 21.3 Å². The van der Waals surface area contributed by atoms with Gasteiger partial charge in [0, 0.05) is 11.1 Å². The van der Waals surface area contributed by atoms with E-state index < -0.39 is 0 Å². The van der Waals surface area contributed by atoms with Crippen LogP contribution in [0.15, 0.2) is 72.8 Å². The van der Waals surface area contributed by atoms with E-state index in [-0.39, 0.29) is 5.78 Å². The first-order valence-electron chi connectivity index (χ1n) is 9.43. The Kier molecular flexibility index (Phi) is 7.11. The highest BCUT2D eigenvalue weighted by atomic mass is 16.5. The average molecular weight is 404 g/mol. The van der Waals surface area contributed by atoms with Crippen molar-refractivity contribution in [3.63, 3.8) is 0 Å². The van der Waals surface area contributed by atoms with E-state index in [9.17, 15) is 4.79 Å². The van der Waals surface area contributed by atoms with Crippen molar-refractivity contribution in [1.29, 1.82) is 0 Å². The van der Waals surface area contributed by atoms with Gasteiger partial charge in [-0.1, -0.05) is 12.1 Å². The average Bonchev–Trinajstić information content (AvgIpc) is 2.81. The Labute approximate surface area is 176 Å². The molecule has 0 aliphatic carbocycles. The Morgan fingerprint density at radius 2 is 1.37 bits per heavy atom. The molecule has 30 heavy (non-hydrogen) atoms. The molecule has 5 heteroatoms. The van der Waals surface area contributed by atoms with Crippen LogP contribution in [0.1, 0.15) is 21.5 Å². The lowest BCUT2D eigenvalue weighted by Gasteiger charge is -2.11. The second kappa shape index (κ2) is 10.2. The van der Waals surface area contributed by atoms with Gasteiger partial charge < -0.3 is 18.9 Å². The van der Waals surface area contributed by atoms with Crippen molar-refractivity contribution in [2.75, 3.05) is 21.3 Å². The van der Waals surface area contributed by atoms with Crippen molar-refractivity contribution in [3.8, 4) is 23.0 Å². The summed E-state index contributed by atoms with van der Waals surface area (Å²) in [6.45, 7) is 0.337. The third-order valence-electron chi connectivity index (χ3n) is 4.56. The maximum absolute atomic E-state index is 12.4. The quantitative estimate of drug-likeness (QED) is 0.363. The summed E-state index contributed by atoms with van der Waals surface area (Å²) in [4.78, 5) is 12.4. The highest BCUT2D eigenvalue weighted by molar-refractivity contribution is 6.06. The molecule has 0 aliphatic heterocycles. The second-order valence-electron chi connectivity index (χ2n) is 6.46. The van der Waals surface area contributed by atoms with Crippen LogP contribution in [0.2, 0.25) is 0 Å². The Hall–Kier alpha value is -3.73. The lowest BCUT2D eigenvalue weighted by molar-refractivity contribution is 0.104. The number of methoxy groups -OCH3 is 3. The van der Waals surface area contributed by atoms with Gasteiger partial charge in [0.1, 0.15) is 29.6 Å². The van der Waals surface area contributed by atoms with E-state index in [4.69, 9.17) is 18.9 Å². The molecule has 0 radical (unpaired) electrons. The number of carbonyl (C=O) groups is 1. The van der Waals surface area contributed by atoms with Crippen LogP contribution in [0, 0.1) is 0 Å². The lowest BCUT2D eigenvalue weighted by atomic mass is 10.1. The number of hydrogen-bond acceptors (Lipinski definition) is 5. The zero-order chi connectivity index (χ0) is 21.3. The molecule has 3 aromatic carbocycles. The van der Waals surface area contributed by atoms with Crippen LogP contribution in [0.3, 0.4) is 0 Å². The second-order valence-corrected chi connectivity index (χ2v) is 6.46. The van der Waals surface area contributed by atoms with Crippen molar-refractivity contribution in [2.24, 2.45) is 0 Å². The topological polar surface area (TPSA) is 54.0 Å². The predicted molar refractivity (Wildman–Crippen MR) is 117 cm³/mol. The highest BCUT2D eigenvalue weighted by Gasteiger charge is 2.07. The van der Waals surface area contributed by atoms with Gasteiger partial charge in [-0.25, -0.2) is 0 Å². The molecular formula is C25H24O5. The zero-order valence-electron chi connectivity index (χ0n) is 17.3. The van der Waals surface area contributed by atoms with Crippen LogP contribution in [-0.2, 0) is 6.61 Å². The minimum Gasteiger partial charge on any atom is -0.497 e. The molecular weight excluding hydrogens is 380 g/mol. The van der Waals surface area contributed by atoms with Crippen molar-refractivity contribution >= 4 is 11.9 Å². The SMILES string of the molecule is COc1ccc(OCc2cc(/C=C/C(=O)c3ccc(OC)cc3)ccc2OC)cc1. The van der Waals surface area contributed by atoms with E-state index >= 15 is 0 Å². The molecule has 0 N–H and O–H groups in total. The van der Waals surface area contributed by atoms with Gasteiger partial charge in [-0.15, -0.1) is 0 Å². The van der Waals surface area contributed by atoms with E-state index in [0.29, 0.717) is 17.9 Å². The van der Waals surface area contributed by atoms with Crippen molar-refractivity contribution in [2.45, 2.75) is 6.61 Å². The number of benzene rings is 3. The number of allylic oxidation sites excluding steroid dienone is 1. The third-order valence-corrected chi connectivity index (χ3v) is 4.56. The maximum Gasteiger partial charge on any atom is 0.185 e. The summed E-state index contributed by atoms with van der Waals surface area (Å²) in [5.74, 6) is 2.86. The van der Waals surface area contributed by atoms with Crippen LogP contribution >= 0.6 is 0 Å². The molecule has 3 rings (SSSR count). The molecule has 0 heterocycles. The van der Waals surface area contributed by atoms with Crippen LogP contribution in [-0.4, -0.2) is 27.1 Å². The Balaban J connectivity index is 1.70. The van der Waals surface area contributed by atoms with E-state index in [1.54, 1.807) is 57.7 Å². The molecule has 0 atom stereocenters. The predicted octanol–water partition coefficient (Wildman–Crippen LogP) is 5.19. The van der Waals surface area contributed by atoms with E-state index in [1.807, 2.05) is 42.5 Å². The minimum absolute atomic E-state index is 0.0792. The third kappa shape index (κ3) is 5.41. The molecule has 0 saturated carbocycles. The molecule has 0 aromatic heterocycles. The first-order chi connectivity index (χ1) is 14.6. The van der Waals surface area contributed by atoms with Gasteiger partial charge >= 0.3 is 0 Å². The van der Waals surface area contributed by atoms with Crippen LogP contribution in [0.4, 0.5) is 0 Å². The first kappa shape index (κ1) is 21.0. The Morgan fingerprint density at radius 1 is 0.767 bits per heavy atom. The van der Waals surface area contributed by atoms with Crippen molar-refractivity contribution in [1.82, 2.24) is 0 Å². The standard InChI is InChI=1S/C25H24O5/c1-27-21-8-6-19(7-9-21)24(26)14-4-18-5-15-25(29-3)20(16-18)17-30-23-12-10-22(28-2)11-13-23/h4-16H,17H2,1-3H3/b14-4+. The van der Waals surface area contributed by atoms with Crippen molar-refractivity contribution in [3.05, 3.63) is 89.5 Å². The largest absolute Gasteiger partial charge is 0.497 e. The normalized spacial score (nSPS) is 10.6. The van der Waals surface area contributed by atoms with Crippen LogP contribution in [0.5, 0.6) is 23.0 Å². The summed E-state index contributed by atoms with van der Waals surface area (Å²) in [5.41, 5.74) is 2.36. The molecule has 3 aromatic rings. The first-order valence-corrected chi connectivity index (χ1v) is 9.43. The molecule has 0 fully saturated rings. The van der Waals surface area contributed by atoms with E-state index in [0.717, 1.165) is 28.4 Å². The van der Waals surface area contributed by atoms with Gasteiger partial charge in [0.2, 0.25) is 0 Å². The molecule has 0 unspecified atom stereocenters. The minimum atomic E-state index is -0.0792. The summed E-state index contributed by atoms with van der Waals surface area (Å²) >= 11 is 0. The monoisotopic (exact) mass is 404 g/mol. The van der Waals surface area contributed by atoms with Crippen molar-refractivity contribution < 1.29 is 23.7 Å². The number of rotatable bonds is 9. The lowest BCUT2D eigenvalue weighted by Crippen LogP contribution is -1.99. The number of carbonyl (C=O) groups excluding carboxylic acids is 1.